The molecular weight excluding hydrogens is 338 g/mol. The quantitative estimate of drug-likeness (QED) is 0.839. The van der Waals surface area contributed by atoms with Crippen molar-refractivity contribution in [3.05, 3.63) is 70.2 Å². The molecule has 0 aromatic heterocycles. The first-order valence-electron chi connectivity index (χ1n) is 8.39. The molecule has 3 rings (SSSR count). The number of ether oxygens (including phenoxy) is 1. The molecule has 0 fully saturated rings. The minimum absolute atomic E-state index is 0.0332. The maximum atomic E-state index is 12.4. The van der Waals surface area contributed by atoms with Gasteiger partial charge in [-0.2, -0.15) is 0 Å². The van der Waals surface area contributed by atoms with E-state index in [0.717, 1.165) is 24.8 Å². The molecule has 0 unspecified atom stereocenters. The highest BCUT2D eigenvalue weighted by Crippen LogP contribution is 2.29. The van der Waals surface area contributed by atoms with Crippen molar-refractivity contribution >= 4 is 23.5 Å². The van der Waals surface area contributed by atoms with Crippen LogP contribution in [0.5, 0.6) is 0 Å². The van der Waals surface area contributed by atoms with Crippen molar-refractivity contribution in [2.24, 2.45) is 0 Å². The highest BCUT2D eigenvalue weighted by molar-refractivity contribution is 6.30. The zero-order valence-electron chi connectivity index (χ0n) is 14.0. The van der Waals surface area contributed by atoms with Crippen LogP contribution < -0.4 is 5.32 Å². The molecule has 5 heteroatoms. The molecule has 0 saturated heterocycles. The van der Waals surface area contributed by atoms with Crippen LogP contribution in [-0.4, -0.2) is 18.0 Å². The molecule has 1 aliphatic carbocycles. The maximum absolute atomic E-state index is 12.4. The van der Waals surface area contributed by atoms with Crippen LogP contribution in [-0.2, 0) is 16.0 Å². The minimum Gasteiger partial charge on any atom is -0.449 e. The monoisotopic (exact) mass is 357 g/mol. The standard InChI is InChI=1S/C20H20ClNO3/c1-13(25-20(24)15-9-11-16(21)12-10-15)19(23)22-18-8-4-6-14-5-2-3-7-17(14)18/h2-3,5,7,9-13,18H,4,6,8H2,1H3,(H,22,23)/t13-,18+/m0/s1. The average molecular weight is 358 g/mol. The first-order valence-corrected chi connectivity index (χ1v) is 8.77. The fraction of sp³-hybridized carbons (Fsp3) is 0.300. The molecule has 1 N–H and O–H groups in total. The minimum atomic E-state index is -0.864. The van der Waals surface area contributed by atoms with Crippen LogP contribution in [0.2, 0.25) is 5.02 Å². The summed E-state index contributed by atoms with van der Waals surface area (Å²) in [6.07, 6.45) is 2.09. The van der Waals surface area contributed by atoms with Crippen molar-refractivity contribution in [2.75, 3.05) is 0 Å². The molecule has 4 nitrogen and oxygen atoms in total. The highest BCUT2D eigenvalue weighted by Gasteiger charge is 2.25. The van der Waals surface area contributed by atoms with Crippen molar-refractivity contribution in [2.45, 2.75) is 38.3 Å². The summed E-state index contributed by atoms with van der Waals surface area (Å²) >= 11 is 5.81. The van der Waals surface area contributed by atoms with Crippen molar-refractivity contribution in [3.63, 3.8) is 0 Å². The van der Waals surface area contributed by atoms with Crippen molar-refractivity contribution < 1.29 is 14.3 Å². The second-order valence-corrected chi connectivity index (χ2v) is 6.64. The van der Waals surface area contributed by atoms with E-state index in [1.807, 2.05) is 18.2 Å². The number of aryl methyl sites for hydroxylation is 1. The smallest absolute Gasteiger partial charge is 0.338 e. The van der Waals surface area contributed by atoms with E-state index in [9.17, 15) is 9.59 Å². The van der Waals surface area contributed by atoms with E-state index < -0.39 is 12.1 Å². The van der Waals surface area contributed by atoms with E-state index in [0.29, 0.717) is 10.6 Å². The normalized spacial score (nSPS) is 17.3. The third kappa shape index (κ3) is 4.20. The van der Waals surface area contributed by atoms with Gasteiger partial charge in [-0.25, -0.2) is 4.79 Å². The van der Waals surface area contributed by atoms with Crippen LogP contribution in [0.4, 0.5) is 0 Å². The Bertz CT molecular complexity index is 773. The van der Waals surface area contributed by atoms with Gasteiger partial charge < -0.3 is 10.1 Å². The zero-order valence-corrected chi connectivity index (χ0v) is 14.8. The summed E-state index contributed by atoms with van der Waals surface area (Å²) in [5.74, 6) is -0.827. The Morgan fingerprint density at radius 2 is 1.88 bits per heavy atom. The average Bonchev–Trinajstić information content (AvgIpc) is 2.62. The molecule has 0 aliphatic heterocycles. The molecule has 2 aromatic carbocycles. The van der Waals surface area contributed by atoms with Crippen LogP contribution in [0, 0.1) is 0 Å². The number of fused-ring (bicyclic) bond motifs is 1. The Kier molecular flexibility index (Phi) is 5.39. The van der Waals surface area contributed by atoms with Gasteiger partial charge in [0.25, 0.3) is 5.91 Å². The fourth-order valence-electron chi connectivity index (χ4n) is 3.06. The van der Waals surface area contributed by atoms with Crippen LogP contribution in [0.1, 0.15) is 47.3 Å². The molecule has 0 bridgehead atoms. The lowest BCUT2D eigenvalue weighted by atomic mass is 9.87. The second kappa shape index (κ2) is 7.70. The maximum Gasteiger partial charge on any atom is 0.338 e. The van der Waals surface area contributed by atoms with E-state index >= 15 is 0 Å². The number of benzene rings is 2. The molecule has 1 amide bonds. The van der Waals surface area contributed by atoms with Gasteiger partial charge in [-0.1, -0.05) is 35.9 Å². The Labute approximate surface area is 152 Å². The number of rotatable bonds is 4. The van der Waals surface area contributed by atoms with Gasteiger partial charge in [0, 0.05) is 5.02 Å². The Morgan fingerprint density at radius 1 is 1.16 bits per heavy atom. The first kappa shape index (κ1) is 17.5. The second-order valence-electron chi connectivity index (χ2n) is 6.21. The SMILES string of the molecule is C[C@H](OC(=O)c1ccc(Cl)cc1)C(=O)N[C@@H]1CCCc2ccccc21. The lowest BCUT2D eigenvalue weighted by molar-refractivity contribution is -0.130. The zero-order chi connectivity index (χ0) is 17.8. The largest absolute Gasteiger partial charge is 0.449 e. The van der Waals surface area contributed by atoms with Crippen LogP contribution in [0.15, 0.2) is 48.5 Å². The Morgan fingerprint density at radius 3 is 2.64 bits per heavy atom. The number of hydrogen-bond donors (Lipinski definition) is 1. The molecule has 2 atom stereocenters. The predicted octanol–water partition coefficient (Wildman–Crippen LogP) is 4.08. The number of nitrogens with one attached hydrogen (secondary N) is 1. The molecule has 0 heterocycles. The summed E-state index contributed by atoms with van der Waals surface area (Å²) < 4.78 is 5.27. The number of carbonyl (C=O) groups is 2. The first-order chi connectivity index (χ1) is 12.0. The highest BCUT2D eigenvalue weighted by atomic mass is 35.5. The third-order valence-corrected chi connectivity index (χ3v) is 4.67. The van der Waals surface area contributed by atoms with E-state index in [1.54, 1.807) is 31.2 Å². The van der Waals surface area contributed by atoms with Gasteiger partial charge in [-0.05, 0) is 61.6 Å². The number of amides is 1. The summed E-state index contributed by atoms with van der Waals surface area (Å²) in [6, 6.07) is 14.5. The van der Waals surface area contributed by atoms with Gasteiger partial charge in [0.05, 0.1) is 11.6 Å². The number of hydrogen-bond acceptors (Lipinski definition) is 3. The van der Waals surface area contributed by atoms with E-state index in [-0.39, 0.29) is 11.9 Å². The molecule has 2 aromatic rings. The van der Waals surface area contributed by atoms with Crippen molar-refractivity contribution in [1.82, 2.24) is 5.32 Å². The van der Waals surface area contributed by atoms with Gasteiger partial charge in [-0.15, -0.1) is 0 Å². The summed E-state index contributed by atoms with van der Waals surface area (Å²) in [5, 5.41) is 3.54. The van der Waals surface area contributed by atoms with Gasteiger partial charge >= 0.3 is 5.97 Å². The van der Waals surface area contributed by atoms with E-state index in [1.165, 1.54) is 5.56 Å². The summed E-state index contributed by atoms with van der Waals surface area (Å²) in [4.78, 5) is 24.5. The lowest BCUT2D eigenvalue weighted by Crippen LogP contribution is -2.39. The van der Waals surface area contributed by atoms with E-state index in [4.69, 9.17) is 16.3 Å². The van der Waals surface area contributed by atoms with Gasteiger partial charge in [-0.3, -0.25) is 4.79 Å². The molecule has 25 heavy (non-hydrogen) atoms. The molecule has 130 valence electrons. The van der Waals surface area contributed by atoms with E-state index in [2.05, 4.69) is 11.4 Å². The molecule has 0 spiro atoms. The lowest BCUT2D eigenvalue weighted by Gasteiger charge is -2.27. The van der Waals surface area contributed by atoms with Crippen LogP contribution in [0.25, 0.3) is 0 Å². The fourth-order valence-corrected chi connectivity index (χ4v) is 3.19. The summed E-state index contributed by atoms with van der Waals surface area (Å²) in [5.41, 5.74) is 2.79. The molecular formula is C20H20ClNO3. The molecule has 0 saturated carbocycles. The molecule has 1 aliphatic rings. The molecule has 0 radical (unpaired) electrons. The number of halogens is 1. The summed E-state index contributed by atoms with van der Waals surface area (Å²) in [6.45, 7) is 1.58. The third-order valence-electron chi connectivity index (χ3n) is 4.42. The predicted molar refractivity (Wildman–Crippen MR) is 96.6 cm³/mol. The van der Waals surface area contributed by atoms with Crippen LogP contribution >= 0.6 is 11.6 Å². The van der Waals surface area contributed by atoms with Gasteiger partial charge in [0.15, 0.2) is 6.10 Å². The van der Waals surface area contributed by atoms with Gasteiger partial charge in [0.1, 0.15) is 0 Å². The Hall–Kier alpha value is -2.33. The number of carbonyl (C=O) groups excluding carboxylic acids is 2. The van der Waals surface area contributed by atoms with Crippen LogP contribution in [0.3, 0.4) is 0 Å². The number of esters is 1. The van der Waals surface area contributed by atoms with Gasteiger partial charge in [0.2, 0.25) is 0 Å². The Balaban J connectivity index is 1.62. The topological polar surface area (TPSA) is 55.4 Å². The van der Waals surface area contributed by atoms with Crippen molar-refractivity contribution in [1.29, 1.82) is 0 Å². The van der Waals surface area contributed by atoms with Crippen molar-refractivity contribution in [3.8, 4) is 0 Å². The summed E-state index contributed by atoms with van der Waals surface area (Å²) in [7, 11) is 0.